The smallest absolute Gasteiger partial charge is 0.140 e. The van der Waals surface area contributed by atoms with E-state index in [-0.39, 0.29) is 0 Å². The van der Waals surface area contributed by atoms with E-state index in [1.165, 1.54) is 38.5 Å². The normalized spacial score (nSPS) is 10.5. The molecule has 0 bridgehead atoms. The summed E-state index contributed by atoms with van der Waals surface area (Å²) < 4.78 is 0. The average molecular weight is 230 g/mol. The number of hydrogen-bond donors (Lipinski definition) is 0. The third kappa shape index (κ3) is 4.56. The molecule has 2 nitrogen and oxygen atoms in total. The lowest BCUT2D eigenvalue weighted by molar-refractivity contribution is 0.514. The summed E-state index contributed by atoms with van der Waals surface area (Å²) in [5, 5.41) is 8.88. The summed E-state index contributed by atoms with van der Waals surface area (Å²) in [5.74, 6) is 0.531. The Kier molecular flexibility index (Phi) is 6.32. The molecule has 1 aromatic rings. The summed E-state index contributed by atoms with van der Waals surface area (Å²) in [7, 11) is 0. The van der Waals surface area contributed by atoms with Crippen LogP contribution in [0.4, 0.5) is 0 Å². The molecule has 92 valence electrons. The van der Waals surface area contributed by atoms with Gasteiger partial charge < -0.3 is 0 Å². The van der Waals surface area contributed by atoms with Gasteiger partial charge in [0.25, 0.3) is 0 Å². The van der Waals surface area contributed by atoms with Gasteiger partial charge in [-0.3, -0.25) is 0 Å². The number of aromatic nitrogens is 1. The van der Waals surface area contributed by atoms with E-state index in [4.69, 9.17) is 5.26 Å². The predicted octanol–water partition coefficient (Wildman–Crippen LogP) is 4.42. The second kappa shape index (κ2) is 7.84. The molecule has 0 aliphatic carbocycles. The number of rotatable bonds is 7. The monoisotopic (exact) mass is 230 g/mol. The van der Waals surface area contributed by atoms with Gasteiger partial charge in [0.15, 0.2) is 0 Å². The molecule has 0 amide bonds. The second-order valence-corrected chi connectivity index (χ2v) is 4.54. The van der Waals surface area contributed by atoms with Gasteiger partial charge in [0, 0.05) is 11.6 Å². The molecule has 2 heteroatoms. The number of nitrogens with zero attached hydrogens (tertiary/aromatic N) is 2. The first-order chi connectivity index (χ1) is 8.31. The summed E-state index contributed by atoms with van der Waals surface area (Å²) in [6.07, 6.45) is 7.32. The maximum Gasteiger partial charge on any atom is 0.140 e. The van der Waals surface area contributed by atoms with Crippen LogP contribution in [0.1, 0.15) is 69.7 Å². The van der Waals surface area contributed by atoms with Crippen LogP contribution in [-0.2, 0) is 0 Å². The number of nitriles is 1. The lowest BCUT2D eigenvalue weighted by atomic mass is 9.92. The van der Waals surface area contributed by atoms with Crippen molar-refractivity contribution >= 4 is 0 Å². The van der Waals surface area contributed by atoms with Crippen LogP contribution in [0.5, 0.6) is 0 Å². The summed E-state index contributed by atoms with van der Waals surface area (Å²) in [6, 6.07) is 7.92. The van der Waals surface area contributed by atoms with Gasteiger partial charge in [-0.25, -0.2) is 4.98 Å². The minimum absolute atomic E-state index is 0.531. The highest BCUT2D eigenvalue weighted by atomic mass is 14.7. The van der Waals surface area contributed by atoms with Crippen molar-refractivity contribution in [1.29, 1.82) is 5.26 Å². The highest BCUT2D eigenvalue weighted by Gasteiger charge is 2.12. The lowest BCUT2D eigenvalue weighted by Gasteiger charge is -2.15. The SMILES string of the molecule is CCCCC(CCCC)c1cccc(C#N)n1. The van der Waals surface area contributed by atoms with E-state index in [1.54, 1.807) is 6.07 Å². The van der Waals surface area contributed by atoms with E-state index < -0.39 is 0 Å². The summed E-state index contributed by atoms with van der Waals surface area (Å²) >= 11 is 0. The molecule has 0 aliphatic heterocycles. The Labute approximate surface area is 105 Å². The third-order valence-corrected chi connectivity index (χ3v) is 3.12. The van der Waals surface area contributed by atoms with E-state index in [0.717, 1.165) is 5.69 Å². The molecule has 0 N–H and O–H groups in total. The fourth-order valence-corrected chi connectivity index (χ4v) is 2.08. The molecule has 17 heavy (non-hydrogen) atoms. The van der Waals surface area contributed by atoms with Gasteiger partial charge in [-0.2, -0.15) is 5.26 Å². The highest BCUT2D eigenvalue weighted by molar-refractivity contribution is 5.23. The van der Waals surface area contributed by atoms with Gasteiger partial charge in [0.1, 0.15) is 11.8 Å². The first kappa shape index (κ1) is 13.7. The van der Waals surface area contributed by atoms with Crippen LogP contribution in [0.15, 0.2) is 18.2 Å². The van der Waals surface area contributed by atoms with Gasteiger partial charge in [0.05, 0.1) is 0 Å². The Bertz CT molecular complexity index is 357. The van der Waals surface area contributed by atoms with Crippen LogP contribution < -0.4 is 0 Å². The molecule has 0 atom stereocenters. The van der Waals surface area contributed by atoms with Crippen molar-refractivity contribution in [1.82, 2.24) is 4.98 Å². The Morgan fingerprint density at radius 1 is 1.18 bits per heavy atom. The van der Waals surface area contributed by atoms with Gasteiger partial charge >= 0.3 is 0 Å². The Morgan fingerprint density at radius 3 is 2.35 bits per heavy atom. The molecule has 0 saturated heterocycles. The van der Waals surface area contributed by atoms with Gasteiger partial charge in [-0.15, -0.1) is 0 Å². The van der Waals surface area contributed by atoms with Crippen LogP contribution in [-0.4, -0.2) is 4.98 Å². The number of unbranched alkanes of at least 4 members (excludes halogenated alkanes) is 2. The average Bonchev–Trinajstić information content (AvgIpc) is 2.39. The zero-order chi connectivity index (χ0) is 12.5. The molecule has 1 rings (SSSR count). The molecular weight excluding hydrogens is 208 g/mol. The standard InChI is InChI=1S/C15H22N2/c1-3-5-8-13(9-6-4-2)15-11-7-10-14(12-16)17-15/h7,10-11,13H,3-6,8-9H2,1-2H3. The minimum Gasteiger partial charge on any atom is -0.242 e. The fourth-order valence-electron chi connectivity index (χ4n) is 2.08. The van der Waals surface area contributed by atoms with Crippen molar-refractivity contribution in [3.8, 4) is 6.07 Å². The van der Waals surface area contributed by atoms with Crippen LogP contribution >= 0.6 is 0 Å². The van der Waals surface area contributed by atoms with Gasteiger partial charge in [-0.1, -0.05) is 45.6 Å². The van der Waals surface area contributed by atoms with Crippen molar-refractivity contribution in [2.24, 2.45) is 0 Å². The quantitative estimate of drug-likeness (QED) is 0.695. The summed E-state index contributed by atoms with van der Waals surface area (Å²) in [4.78, 5) is 4.44. The van der Waals surface area contributed by atoms with E-state index in [9.17, 15) is 0 Å². The second-order valence-electron chi connectivity index (χ2n) is 4.54. The van der Waals surface area contributed by atoms with Crippen LogP contribution in [0, 0.1) is 11.3 Å². The van der Waals surface area contributed by atoms with Crippen molar-refractivity contribution < 1.29 is 0 Å². The van der Waals surface area contributed by atoms with E-state index >= 15 is 0 Å². The van der Waals surface area contributed by atoms with Crippen molar-refractivity contribution in [3.63, 3.8) is 0 Å². The molecule has 0 saturated carbocycles. The van der Waals surface area contributed by atoms with Crippen molar-refractivity contribution in [3.05, 3.63) is 29.6 Å². The lowest BCUT2D eigenvalue weighted by Crippen LogP contribution is -2.03. The van der Waals surface area contributed by atoms with Crippen LogP contribution in [0.25, 0.3) is 0 Å². The molecule has 0 unspecified atom stereocenters. The van der Waals surface area contributed by atoms with E-state index in [2.05, 4.69) is 31.0 Å². The summed E-state index contributed by atoms with van der Waals surface area (Å²) in [5.41, 5.74) is 1.64. The first-order valence-electron chi connectivity index (χ1n) is 6.68. The van der Waals surface area contributed by atoms with E-state index in [0.29, 0.717) is 11.6 Å². The maximum absolute atomic E-state index is 8.88. The summed E-state index contributed by atoms with van der Waals surface area (Å²) in [6.45, 7) is 4.44. The molecule has 1 aromatic heterocycles. The first-order valence-corrected chi connectivity index (χ1v) is 6.68. The van der Waals surface area contributed by atoms with E-state index in [1.807, 2.05) is 6.07 Å². The topological polar surface area (TPSA) is 36.7 Å². The molecule has 0 spiro atoms. The fraction of sp³-hybridized carbons (Fsp3) is 0.600. The zero-order valence-electron chi connectivity index (χ0n) is 10.9. The Morgan fingerprint density at radius 2 is 1.82 bits per heavy atom. The molecular formula is C15H22N2. The number of pyridine rings is 1. The van der Waals surface area contributed by atoms with Crippen molar-refractivity contribution in [2.45, 2.75) is 58.3 Å². The maximum atomic E-state index is 8.88. The Balaban J connectivity index is 2.75. The minimum atomic E-state index is 0.531. The zero-order valence-corrected chi connectivity index (χ0v) is 10.9. The molecule has 0 fully saturated rings. The number of hydrogen-bond acceptors (Lipinski definition) is 2. The molecule has 0 aromatic carbocycles. The highest BCUT2D eigenvalue weighted by Crippen LogP contribution is 2.26. The largest absolute Gasteiger partial charge is 0.242 e. The molecule has 0 aliphatic rings. The van der Waals surface area contributed by atoms with Crippen molar-refractivity contribution in [2.75, 3.05) is 0 Å². The predicted molar refractivity (Wildman–Crippen MR) is 70.7 cm³/mol. The molecule has 0 radical (unpaired) electrons. The van der Waals surface area contributed by atoms with Gasteiger partial charge in [-0.05, 0) is 25.0 Å². The Hall–Kier alpha value is -1.36. The van der Waals surface area contributed by atoms with Crippen LogP contribution in [0.3, 0.4) is 0 Å². The van der Waals surface area contributed by atoms with Crippen LogP contribution in [0.2, 0.25) is 0 Å². The molecule has 1 heterocycles. The van der Waals surface area contributed by atoms with Gasteiger partial charge in [0.2, 0.25) is 0 Å². The third-order valence-electron chi connectivity index (χ3n) is 3.12.